The monoisotopic (exact) mass is 395 g/mol. The third-order valence-corrected chi connectivity index (χ3v) is 9.48. The highest BCUT2D eigenvalue weighted by Crippen LogP contribution is 2.55. The normalized spacial score (nSPS) is 11.3. The van der Waals surface area contributed by atoms with Crippen LogP contribution in [0.1, 0.15) is 19.3 Å². The van der Waals surface area contributed by atoms with Crippen LogP contribution in [0, 0.1) is 0 Å². The van der Waals surface area contributed by atoms with Gasteiger partial charge >= 0.3 is 0 Å². The van der Waals surface area contributed by atoms with E-state index in [9.17, 15) is 4.79 Å². The first-order chi connectivity index (χ1) is 13.3. The van der Waals surface area contributed by atoms with E-state index in [2.05, 4.69) is 72.8 Å². The van der Waals surface area contributed by atoms with Crippen LogP contribution in [-0.4, -0.2) is 17.8 Å². The van der Waals surface area contributed by atoms with E-state index < -0.39 is 7.26 Å². The molecule has 0 fully saturated rings. The molecule has 0 saturated carbocycles. The van der Waals surface area contributed by atoms with Crippen LogP contribution in [0.15, 0.2) is 91.0 Å². The van der Waals surface area contributed by atoms with Gasteiger partial charge in [-0.3, -0.25) is 4.79 Å². The summed E-state index contributed by atoms with van der Waals surface area (Å²) in [4.78, 5) is 13.0. The number of alkyl halides is 1. The average molecular weight is 396 g/mol. The number of Topliss-reactive ketones (excluding diaryl/α,β-unsaturated/α-hetero) is 1. The van der Waals surface area contributed by atoms with E-state index in [4.69, 9.17) is 11.6 Å². The maximum absolute atomic E-state index is 13.0. The fourth-order valence-corrected chi connectivity index (χ4v) is 7.89. The second kappa shape index (κ2) is 9.83. The second-order valence-corrected chi connectivity index (χ2v) is 10.5. The molecule has 3 aromatic rings. The largest absolute Gasteiger partial charge is 0.296 e. The van der Waals surface area contributed by atoms with Crippen LogP contribution in [-0.2, 0) is 4.79 Å². The molecule has 3 heteroatoms. The fourth-order valence-electron chi connectivity index (χ4n) is 3.53. The summed E-state index contributed by atoms with van der Waals surface area (Å²) in [7, 11) is -2.04. The predicted octanol–water partition coefficient (Wildman–Crippen LogP) is 4.96. The van der Waals surface area contributed by atoms with Gasteiger partial charge in [0.1, 0.15) is 29.3 Å². The first-order valence-corrected chi connectivity index (χ1v) is 11.9. The van der Waals surface area contributed by atoms with E-state index in [1.165, 1.54) is 15.9 Å². The zero-order valence-electron chi connectivity index (χ0n) is 15.4. The lowest BCUT2D eigenvalue weighted by Gasteiger charge is -2.27. The van der Waals surface area contributed by atoms with E-state index in [-0.39, 0.29) is 0 Å². The van der Waals surface area contributed by atoms with E-state index in [0.717, 1.165) is 12.8 Å². The Labute approximate surface area is 167 Å². The van der Waals surface area contributed by atoms with Crippen molar-refractivity contribution in [2.24, 2.45) is 0 Å². The Morgan fingerprint density at radius 2 is 1.07 bits per heavy atom. The first-order valence-electron chi connectivity index (χ1n) is 9.40. The van der Waals surface area contributed by atoms with E-state index >= 15 is 0 Å². The number of carbonyl (C=O) groups is 1. The Morgan fingerprint density at radius 3 is 1.44 bits per heavy atom. The summed E-state index contributed by atoms with van der Waals surface area (Å²) in [6.45, 7) is 0. The zero-order chi connectivity index (χ0) is 19.0. The van der Waals surface area contributed by atoms with Crippen molar-refractivity contribution in [1.29, 1.82) is 0 Å². The molecule has 0 spiro atoms. The lowest BCUT2D eigenvalue weighted by Crippen LogP contribution is -2.35. The predicted molar refractivity (Wildman–Crippen MR) is 120 cm³/mol. The molecular weight excluding hydrogens is 371 g/mol. The molecule has 0 atom stereocenters. The molecule has 0 unspecified atom stereocenters. The number of carbonyl (C=O) groups excluding carboxylic acids is 1. The van der Waals surface area contributed by atoms with Crippen molar-refractivity contribution in [3.05, 3.63) is 91.0 Å². The van der Waals surface area contributed by atoms with Crippen molar-refractivity contribution in [2.75, 3.05) is 12.0 Å². The van der Waals surface area contributed by atoms with Gasteiger partial charge in [0, 0.05) is 12.3 Å². The van der Waals surface area contributed by atoms with Crippen molar-refractivity contribution in [3.63, 3.8) is 0 Å². The molecule has 0 saturated heterocycles. The smallest absolute Gasteiger partial charge is 0.171 e. The van der Waals surface area contributed by atoms with Gasteiger partial charge in [-0.05, 0) is 49.2 Å². The van der Waals surface area contributed by atoms with Gasteiger partial charge < -0.3 is 0 Å². The fraction of sp³-hybridized carbons (Fsp3) is 0.208. The third-order valence-electron chi connectivity index (χ3n) is 4.84. The lowest BCUT2D eigenvalue weighted by molar-refractivity contribution is -0.116. The Hall–Kier alpha value is -1.95. The average Bonchev–Trinajstić information content (AvgIpc) is 2.74. The van der Waals surface area contributed by atoms with Crippen LogP contribution in [0.5, 0.6) is 0 Å². The summed E-state index contributed by atoms with van der Waals surface area (Å²) in [5, 5.41) is 3.77. The number of benzene rings is 3. The Morgan fingerprint density at radius 1 is 0.667 bits per heavy atom. The molecule has 0 aliphatic carbocycles. The third kappa shape index (κ3) is 4.67. The molecule has 0 amide bonds. The molecule has 3 aromatic carbocycles. The molecule has 138 valence electrons. The van der Waals surface area contributed by atoms with Gasteiger partial charge in [-0.25, -0.2) is 0 Å². The maximum Gasteiger partial charge on any atom is 0.171 e. The minimum absolute atomic E-state index is 0.324. The highest BCUT2D eigenvalue weighted by Gasteiger charge is 2.46. The molecule has 0 N–H and O–H groups in total. The molecule has 0 bridgehead atoms. The molecule has 1 nitrogen and oxygen atoms in total. The minimum atomic E-state index is -2.04. The maximum atomic E-state index is 13.0. The molecule has 0 aliphatic rings. The van der Waals surface area contributed by atoms with Gasteiger partial charge in [0.05, 0.1) is 0 Å². The van der Waals surface area contributed by atoms with E-state index in [1.807, 2.05) is 18.2 Å². The van der Waals surface area contributed by atoms with Crippen molar-refractivity contribution < 1.29 is 4.79 Å². The first kappa shape index (κ1) is 19.8. The van der Waals surface area contributed by atoms with Gasteiger partial charge in [0.2, 0.25) is 0 Å². The number of ketones is 1. The Bertz CT molecular complexity index is 737. The van der Waals surface area contributed by atoms with Gasteiger partial charge in [-0.2, -0.15) is 0 Å². The van der Waals surface area contributed by atoms with Gasteiger partial charge in [-0.15, -0.1) is 11.6 Å². The molecule has 0 aromatic heterocycles. The van der Waals surface area contributed by atoms with Gasteiger partial charge in [-0.1, -0.05) is 54.6 Å². The molecule has 0 radical (unpaired) electrons. The summed E-state index contributed by atoms with van der Waals surface area (Å²) in [5.41, 5.74) is 0. The highest BCUT2D eigenvalue weighted by molar-refractivity contribution is 7.96. The van der Waals surface area contributed by atoms with Crippen molar-refractivity contribution in [3.8, 4) is 0 Å². The Kier molecular flexibility index (Phi) is 7.21. The van der Waals surface area contributed by atoms with Crippen molar-refractivity contribution in [1.82, 2.24) is 0 Å². The Balaban J connectivity index is 2.12. The lowest BCUT2D eigenvalue weighted by atomic mass is 10.2. The zero-order valence-corrected chi connectivity index (χ0v) is 17.1. The molecule has 0 aliphatic heterocycles. The van der Waals surface area contributed by atoms with Gasteiger partial charge in [0.15, 0.2) is 5.78 Å². The summed E-state index contributed by atoms with van der Waals surface area (Å²) in [5.74, 6) is 0.939. The summed E-state index contributed by atoms with van der Waals surface area (Å²) in [6.07, 6.45) is 2.91. The van der Waals surface area contributed by atoms with Gasteiger partial charge in [0.25, 0.3) is 0 Å². The van der Waals surface area contributed by atoms with Crippen molar-refractivity contribution in [2.45, 2.75) is 19.3 Å². The summed E-state index contributed by atoms with van der Waals surface area (Å²) < 4.78 is 0. The van der Waals surface area contributed by atoms with Crippen LogP contribution < -0.4 is 15.9 Å². The standard InChI is InChI=1S/C24H25ClOP/c25-19-11-10-12-21(26)20-27(22-13-4-1-5-14-22,23-15-6-2-7-16-23)24-17-8-3-9-18-24/h1-9,13-18H,10-12,19-20H2/q+1. The quantitative estimate of drug-likeness (QED) is 0.284. The minimum Gasteiger partial charge on any atom is -0.296 e. The number of unbranched alkanes of at least 4 members (excludes halogenated alkanes) is 1. The molecule has 0 heterocycles. The second-order valence-electron chi connectivity index (χ2n) is 6.66. The van der Waals surface area contributed by atoms with Crippen LogP contribution in [0.25, 0.3) is 0 Å². The number of halogens is 1. The number of hydrogen-bond donors (Lipinski definition) is 0. The van der Waals surface area contributed by atoms with Crippen molar-refractivity contribution >= 4 is 40.6 Å². The molecular formula is C24H25ClOP+. The number of hydrogen-bond acceptors (Lipinski definition) is 1. The number of rotatable bonds is 9. The van der Waals surface area contributed by atoms with Crippen LogP contribution in [0.3, 0.4) is 0 Å². The molecule has 3 rings (SSSR count). The summed E-state index contributed by atoms with van der Waals surface area (Å²) in [6, 6.07) is 31.7. The topological polar surface area (TPSA) is 17.1 Å². The van der Waals surface area contributed by atoms with E-state index in [1.54, 1.807) is 0 Å². The summed E-state index contributed by atoms with van der Waals surface area (Å²) >= 11 is 5.80. The SMILES string of the molecule is O=C(CCCCCl)C[P+](c1ccccc1)(c1ccccc1)c1ccccc1. The highest BCUT2D eigenvalue weighted by atomic mass is 35.5. The van der Waals surface area contributed by atoms with E-state index in [0.29, 0.717) is 24.2 Å². The molecule has 27 heavy (non-hydrogen) atoms. The van der Waals surface area contributed by atoms with Crippen LogP contribution in [0.4, 0.5) is 0 Å². The van der Waals surface area contributed by atoms with Crippen LogP contribution >= 0.6 is 18.9 Å². The van der Waals surface area contributed by atoms with Crippen LogP contribution in [0.2, 0.25) is 0 Å².